The SMILES string of the molecule is CNc1ccc(Nc2nccc(Oc3c(C)cc(/C=C(/F)C#N)cc3C)n2)cc1. The molecule has 3 aromatic rings. The summed E-state index contributed by atoms with van der Waals surface area (Å²) in [6.45, 7) is 3.71. The van der Waals surface area contributed by atoms with E-state index in [9.17, 15) is 4.39 Å². The van der Waals surface area contributed by atoms with Crippen LogP contribution < -0.4 is 15.4 Å². The fraction of sp³-hybridized carbons (Fsp3) is 0.136. The Hall–Kier alpha value is -3.92. The Morgan fingerprint density at radius 2 is 1.76 bits per heavy atom. The van der Waals surface area contributed by atoms with Crippen LogP contribution in [0.2, 0.25) is 0 Å². The molecule has 0 saturated heterocycles. The maximum Gasteiger partial charge on any atom is 0.230 e. The molecule has 0 aliphatic carbocycles. The average molecular weight is 389 g/mol. The van der Waals surface area contributed by atoms with Gasteiger partial charge in [-0.2, -0.15) is 14.6 Å². The minimum atomic E-state index is -0.841. The fourth-order valence-electron chi connectivity index (χ4n) is 2.82. The van der Waals surface area contributed by atoms with Crippen LogP contribution >= 0.6 is 0 Å². The van der Waals surface area contributed by atoms with Crippen LogP contribution in [0.1, 0.15) is 16.7 Å². The van der Waals surface area contributed by atoms with Crippen LogP contribution in [0.4, 0.5) is 21.7 Å². The molecule has 0 atom stereocenters. The van der Waals surface area contributed by atoms with Crippen LogP contribution in [-0.4, -0.2) is 17.0 Å². The predicted molar refractivity (Wildman–Crippen MR) is 112 cm³/mol. The number of aromatic nitrogens is 2. The molecule has 0 spiro atoms. The predicted octanol–water partition coefficient (Wildman–Crippen LogP) is 5.51. The van der Waals surface area contributed by atoms with Gasteiger partial charge in [-0.15, -0.1) is 0 Å². The summed E-state index contributed by atoms with van der Waals surface area (Å²) in [6, 6.07) is 14.4. The smallest absolute Gasteiger partial charge is 0.230 e. The zero-order valence-electron chi connectivity index (χ0n) is 16.3. The summed E-state index contributed by atoms with van der Waals surface area (Å²) in [6.07, 6.45) is 2.80. The van der Waals surface area contributed by atoms with Crippen molar-refractivity contribution in [3.8, 4) is 17.7 Å². The van der Waals surface area contributed by atoms with Gasteiger partial charge in [-0.25, -0.2) is 4.98 Å². The number of hydrogen-bond donors (Lipinski definition) is 2. The Balaban J connectivity index is 1.80. The molecule has 0 bridgehead atoms. The van der Waals surface area contributed by atoms with Crippen molar-refractivity contribution in [1.82, 2.24) is 9.97 Å². The third kappa shape index (κ3) is 5.08. The minimum absolute atomic E-state index is 0.382. The average Bonchev–Trinajstić information content (AvgIpc) is 2.71. The van der Waals surface area contributed by atoms with E-state index in [1.54, 1.807) is 24.4 Å². The second-order valence-electron chi connectivity index (χ2n) is 6.36. The third-order valence-corrected chi connectivity index (χ3v) is 4.15. The van der Waals surface area contributed by atoms with E-state index in [-0.39, 0.29) is 0 Å². The van der Waals surface area contributed by atoms with Gasteiger partial charge >= 0.3 is 0 Å². The van der Waals surface area contributed by atoms with Crippen LogP contribution in [-0.2, 0) is 0 Å². The summed E-state index contributed by atoms with van der Waals surface area (Å²) in [7, 11) is 1.86. The van der Waals surface area contributed by atoms with E-state index < -0.39 is 5.83 Å². The molecule has 6 nitrogen and oxygen atoms in total. The quantitative estimate of drug-likeness (QED) is 0.541. The Morgan fingerprint density at radius 1 is 1.10 bits per heavy atom. The second-order valence-corrected chi connectivity index (χ2v) is 6.36. The van der Waals surface area contributed by atoms with Crippen LogP contribution in [0.5, 0.6) is 11.6 Å². The number of allylic oxidation sites excluding steroid dienone is 1. The van der Waals surface area contributed by atoms with Gasteiger partial charge in [0, 0.05) is 30.7 Å². The van der Waals surface area contributed by atoms with E-state index in [0.29, 0.717) is 23.1 Å². The summed E-state index contributed by atoms with van der Waals surface area (Å²) >= 11 is 0. The maximum absolute atomic E-state index is 13.2. The Morgan fingerprint density at radius 3 is 2.38 bits per heavy atom. The van der Waals surface area contributed by atoms with Crippen molar-refractivity contribution in [2.75, 3.05) is 17.7 Å². The van der Waals surface area contributed by atoms with Gasteiger partial charge in [0.05, 0.1) is 0 Å². The number of aryl methyl sites for hydroxylation is 2. The Bertz CT molecular complexity index is 1060. The van der Waals surface area contributed by atoms with Gasteiger partial charge in [0.15, 0.2) is 0 Å². The highest BCUT2D eigenvalue weighted by molar-refractivity contribution is 5.60. The number of nitriles is 1. The Labute approximate surface area is 168 Å². The molecule has 2 N–H and O–H groups in total. The van der Waals surface area contributed by atoms with Crippen molar-refractivity contribution in [3.05, 3.63) is 71.2 Å². The first-order valence-electron chi connectivity index (χ1n) is 8.93. The normalized spacial score (nSPS) is 10.9. The van der Waals surface area contributed by atoms with Gasteiger partial charge < -0.3 is 15.4 Å². The summed E-state index contributed by atoms with van der Waals surface area (Å²) in [5, 5.41) is 14.8. The van der Waals surface area contributed by atoms with E-state index in [2.05, 4.69) is 20.6 Å². The van der Waals surface area contributed by atoms with Crippen LogP contribution in [0.15, 0.2) is 54.5 Å². The van der Waals surface area contributed by atoms with Gasteiger partial charge in [-0.1, -0.05) is 0 Å². The molecule has 1 aromatic heterocycles. The van der Waals surface area contributed by atoms with Gasteiger partial charge in [0.1, 0.15) is 11.8 Å². The van der Waals surface area contributed by atoms with E-state index >= 15 is 0 Å². The van der Waals surface area contributed by atoms with Gasteiger partial charge in [-0.05, 0) is 73.0 Å². The van der Waals surface area contributed by atoms with Crippen molar-refractivity contribution in [3.63, 3.8) is 0 Å². The number of nitrogens with zero attached hydrogens (tertiary/aromatic N) is 3. The lowest BCUT2D eigenvalue weighted by Crippen LogP contribution is -2.00. The topological polar surface area (TPSA) is 82.9 Å². The number of anilines is 3. The van der Waals surface area contributed by atoms with Crippen LogP contribution in [0.25, 0.3) is 6.08 Å². The van der Waals surface area contributed by atoms with E-state index in [0.717, 1.165) is 22.5 Å². The molecular formula is C22H20FN5O. The van der Waals surface area contributed by atoms with Crippen molar-refractivity contribution in [2.45, 2.75) is 13.8 Å². The molecule has 0 radical (unpaired) electrons. The highest BCUT2D eigenvalue weighted by Gasteiger charge is 2.10. The molecule has 0 fully saturated rings. The summed E-state index contributed by atoms with van der Waals surface area (Å²) < 4.78 is 19.2. The molecule has 0 unspecified atom stereocenters. The molecule has 0 aliphatic heterocycles. The molecule has 0 amide bonds. The highest BCUT2D eigenvalue weighted by atomic mass is 19.1. The fourth-order valence-corrected chi connectivity index (χ4v) is 2.82. The number of ether oxygens (including phenoxy) is 1. The van der Waals surface area contributed by atoms with Crippen molar-refractivity contribution in [1.29, 1.82) is 5.26 Å². The lowest BCUT2D eigenvalue weighted by atomic mass is 10.1. The number of benzene rings is 2. The monoisotopic (exact) mass is 389 g/mol. The zero-order valence-corrected chi connectivity index (χ0v) is 16.3. The molecule has 1 heterocycles. The highest BCUT2D eigenvalue weighted by Crippen LogP contribution is 2.30. The molecule has 146 valence electrons. The first-order valence-corrected chi connectivity index (χ1v) is 8.93. The number of halogens is 1. The third-order valence-electron chi connectivity index (χ3n) is 4.15. The number of hydrogen-bond acceptors (Lipinski definition) is 6. The van der Waals surface area contributed by atoms with Gasteiger partial charge in [-0.3, -0.25) is 0 Å². The second kappa shape index (κ2) is 8.85. The van der Waals surface area contributed by atoms with Gasteiger partial charge in [0.25, 0.3) is 0 Å². The van der Waals surface area contributed by atoms with E-state index in [4.69, 9.17) is 10.00 Å². The molecule has 2 aromatic carbocycles. The summed E-state index contributed by atoms with van der Waals surface area (Å²) in [5.74, 6) is 0.576. The number of rotatable bonds is 6. The lowest BCUT2D eigenvalue weighted by Gasteiger charge is -2.13. The molecular weight excluding hydrogens is 369 g/mol. The number of nitrogens with one attached hydrogen (secondary N) is 2. The lowest BCUT2D eigenvalue weighted by molar-refractivity contribution is 0.455. The van der Waals surface area contributed by atoms with Crippen LogP contribution in [0, 0.1) is 25.2 Å². The van der Waals surface area contributed by atoms with Crippen LogP contribution in [0.3, 0.4) is 0 Å². The van der Waals surface area contributed by atoms with Gasteiger partial charge in [0.2, 0.25) is 17.7 Å². The summed E-state index contributed by atoms with van der Waals surface area (Å²) in [4.78, 5) is 8.62. The van der Waals surface area contributed by atoms with E-state index in [1.807, 2.05) is 45.2 Å². The summed E-state index contributed by atoms with van der Waals surface area (Å²) in [5.41, 5.74) is 4.06. The first-order chi connectivity index (χ1) is 14.0. The maximum atomic E-state index is 13.2. The van der Waals surface area contributed by atoms with Crippen molar-refractivity contribution in [2.24, 2.45) is 0 Å². The molecule has 29 heavy (non-hydrogen) atoms. The van der Waals surface area contributed by atoms with Crippen molar-refractivity contribution >= 4 is 23.4 Å². The van der Waals surface area contributed by atoms with E-state index in [1.165, 1.54) is 12.1 Å². The standard InChI is InChI=1S/C22H20FN5O/c1-14-10-16(12-17(23)13-24)11-15(2)21(14)29-20-8-9-26-22(28-20)27-19-6-4-18(25-3)5-7-19/h4-12,25H,1-3H3,(H,26,27,28)/b17-12+. The molecule has 7 heteroatoms. The zero-order chi connectivity index (χ0) is 20.8. The molecule has 0 saturated carbocycles. The molecule has 3 rings (SSSR count). The first kappa shape index (κ1) is 19.8. The largest absolute Gasteiger partial charge is 0.438 e. The van der Waals surface area contributed by atoms with Crippen molar-refractivity contribution < 1.29 is 9.13 Å². The minimum Gasteiger partial charge on any atom is -0.438 e. The molecule has 0 aliphatic rings. The Kier molecular flexibility index (Phi) is 6.05.